The number of hydrogen-bond acceptors (Lipinski definition) is 4. The van der Waals surface area contributed by atoms with Gasteiger partial charge in [-0.25, -0.2) is 4.79 Å². The molecule has 0 N–H and O–H groups in total. The predicted molar refractivity (Wildman–Crippen MR) is 91.6 cm³/mol. The summed E-state index contributed by atoms with van der Waals surface area (Å²) in [6, 6.07) is 10.9. The van der Waals surface area contributed by atoms with Gasteiger partial charge in [0.15, 0.2) is 0 Å². The summed E-state index contributed by atoms with van der Waals surface area (Å²) in [7, 11) is 0. The molecular formula is C17H9Cl2NO4. The van der Waals surface area contributed by atoms with Crippen LogP contribution < -0.4 is 0 Å². The van der Waals surface area contributed by atoms with Gasteiger partial charge in [0.05, 0.1) is 20.5 Å². The molecule has 3 rings (SSSR count). The van der Waals surface area contributed by atoms with Gasteiger partial charge in [0.2, 0.25) is 0 Å². The van der Waals surface area contributed by atoms with E-state index in [0.29, 0.717) is 26.9 Å². The molecule has 0 spiro atoms. The summed E-state index contributed by atoms with van der Waals surface area (Å²) in [5.41, 5.74) is 1.38. The van der Waals surface area contributed by atoms with E-state index in [1.807, 2.05) is 0 Å². The first-order chi connectivity index (χ1) is 11.4. The largest absolute Gasteiger partial charge is 0.422 e. The molecule has 5 nitrogen and oxygen atoms in total. The van der Waals surface area contributed by atoms with Crippen molar-refractivity contribution in [3.05, 3.63) is 85.4 Å². The minimum absolute atomic E-state index is 0.0515. The average Bonchev–Trinajstić information content (AvgIpc) is 2.91. The molecule has 7 heteroatoms. The zero-order chi connectivity index (χ0) is 17.3. The maximum absolute atomic E-state index is 12.0. The van der Waals surface area contributed by atoms with Crippen LogP contribution in [0.5, 0.6) is 0 Å². The average molecular weight is 362 g/mol. The van der Waals surface area contributed by atoms with Gasteiger partial charge in [0, 0.05) is 17.7 Å². The van der Waals surface area contributed by atoms with E-state index in [9.17, 15) is 14.9 Å². The van der Waals surface area contributed by atoms with E-state index in [4.69, 9.17) is 27.9 Å². The molecule has 24 heavy (non-hydrogen) atoms. The lowest BCUT2D eigenvalue weighted by Gasteiger charge is -2.03. The van der Waals surface area contributed by atoms with Crippen LogP contribution in [-0.2, 0) is 9.53 Å². The van der Waals surface area contributed by atoms with Gasteiger partial charge in [0.25, 0.3) is 5.69 Å². The third kappa shape index (κ3) is 3.32. The molecule has 0 bridgehead atoms. The number of benzene rings is 2. The second kappa shape index (κ2) is 6.47. The number of halogens is 2. The first-order valence-corrected chi connectivity index (χ1v) is 7.55. The van der Waals surface area contributed by atoms with Gasteiger partial charge in [-0.3, -0.25) is 10.1 Å². The zero-order valence-electron chi connectivity index (χ0n) is 12.0. The van der Waals surface area contributed by atoms with Crippen LogP contribution in [0.15, 0.2) is 54.1 Å². The van der Waals surface area contributed by atoms with Gasteiger partial charge in [-0.05, 0) is 35.9 Å². The molecule has 0 unspecified atom stereocenters. The van der Waals surface area contributed by atoms with Crippen molar-refractivity contribution in [2.45, 2.75) is 0 Å². The van der Waals surface area contributed by atoms with Crippen LogP contribution in [0.25, 0.3) is 11.8 Å². The van der Waals surface area contributed by atoms with Crippen LogP contribution >= 0.6 is 23.2 Å². The first kappa shape index (κ1) is 16.2. The molecule has 0 atom stereocenters. The SMILES string of the molecule is O=C1OC(c2ccc(Cl)c(Cl)c2)=C/C1=C/c1cccc([N+](=O)[O-])c1. The number of carbonyl (C=O) groups is 1. The van der Waals surface area contributed by atoms with Crippen LogP contribution in [0.4, 0.5) is 5.69 Å². The fourth-order valence-electron chi connectivity index (χ4n) is 2.19. The Hall–Kier alpha value is -2.63. The summed E-state index contributed by atoms with van der Waals surface area (Å²) < 4.78 is 5.22. The highest BCUT2D eigenvalue weighted by molar-refractivity contribution is 6.42. The lowest BCUT2D eigenvalue weighted by Crippen LogP contribution is -1.97. The molecule has 0 aromatic heterocycles. The van der Waals surface area contributed by atoms with Crippen molar-refractivity contribution in [3.8, 4) is 0 Å². The number of nitro groups is 1. The van der Waals surface area contributed by atoms with Crippen molar-refractivity contribution in [1.29, 1.82) is 0 Å². The monoisotopic (exact) mass is 361 g/mol. The minimum Gasteiger partial charge on any atom is -0.422 e. The number of non-ortho nitro benzene ring substituents is 1. The van der Waals surface area contributed by atoms with E-state index in [2.05, 4.69) is 0 Å². The van der Waals surface area contributed by atoms with Crippen LogP contribution in [-0.4, -0.2) is 10.9 Å². The van der Waals surface area contributed by atoms with Gasteiger partial charge in [0.1, 0.15) is 5.76 Å². The van der Waals surface area contributed by atoms with Gasteiger partial charge >= 0.3 is 5.97 Å². The minimum atomic E-state index is -0.539. The molecule has 1 heterocycles. The van der Waals surface area contributed by atoms with E-state index in [0.717, 1.165) is 0 Å². The molecule has 0 saturated heterocycles. The van der Waals surface area contributed by atoms with Crippen LogP contribution in [0.2, 0.25) is 10.0 Å². The van der Waals surface area contributed by atoms with Crippen molar-refractivity contribution < 1.29 is 14.5 Å². The van der Waals surface area contributed by atoms with E-state index in [-0.39, 0.29) is 11.3 Å². The normalized spacial score (nSPS) is 15.3. The molecular weight excluding hydrogens is 353 g/mol. The second-order valence-electron chi connectivity index (χ2n) is 4.98. The zero-order valence-corrected chi connectivity index (χ0v) is 13.5. The predicted octanol–water partition coefficient (Wildman–Crippen LogP) is 4.88. The summed E-state index contributed by atoms with van der Waals surface area (Å²) in [5.74, 6) is -0.196. The molecule has 120 valence electrons. The highest BCUT2D eigenvalue weighted by atomic mass is 35.5. The fraction of sp³-hybridized carbons (Fsp3) is 0. The molecule has 2 aromatic carbocycles. The molecule has 0 aliphatic carbocycles. The summed E-state index contributed by atoms with van der Waals surface area (Å²) in [5, 5.41) is 11.6. The number of esters is 1. The third-order valence-electron chi connectivity index (χ3n) is 3.33. The van der Waals surface area contributed by atoms with Crippen LogP contribution in [0.3, 0.4) is 0 Å². The molecule has 0 saturated carbocycles. The Morgan fingerprint density at radius 3 is 2.58 bits per heavy atom. The first-order valence-electron chi connectivity index (χ1n) is 6.79. The summed E-state index contributed by atoms with van der Waals surface area (Å²) in [6.45, 7) is 0. The van der Waals surface area contributed by atoms with Gasteiger partial charge in [-0.1, -0.05) is 35.3 Å². The number of ether oxygens (including phenoxy) is 1. The molecule has 0 fully saturated rings. The maximum Gasteiger partial charge on any atom is 0.343 e. The van der Waals surface area contributed by atoms with Gasteiger partial charge < -0.3 is 4.74 Å². The van der Waals surface area contributed by atoms with Gasteiger partial charge in [-0.15, -0.1) is 0 Å². The number of rotatable bonds is 3. The number of carbonyl (C=O) groups excluding carboxylic acids is 1. The smallest absolute Gasteiger partial charge is 0.343 e. The Labute approximate surface area is 146 Å². The summed E-state index contributed by atoms with van der Waals surface area (Å²) in [6.07, 6.45) is 3.08. The fourth-order valence-corrected chi connectivity index (χ4v) is 2.49. The van der Waals surface area contributed by atoms with E-state index >= 15 is 0 Å². The Morgan fingerprint density at radius 1 is 1.08 bits per heavy atom. The number of hydrogen-bond donors (Lipinski definition) is 0. The summed E-state index contributed by atoms with van der Waals surface area (Å²) in [4.78, 5) is 22.3. The topological polar surface area (TPSA) is 69.4 Å². The lowest BCUT2D eigenvalue weighted by molar-refractivity contribution is -0.384. The third-order valence-corrected chi connectivity index (χ3v) is 4.07. The molecule has 0 radical (unpaired) electrons. The molecule has 1 aliphatic rings. The van der Waals surface area contributed by atoms with Crippen molar-refractivity contribution in [2.24, 2.45) is 0 Å². The lowest BCUT2D eigenvalue weighted by atomic mass is 10.1. The second-order valence-corrected chi connectivity index (χ2v) is 5.79. The summed E-state index contributed by atoms with van der Waals surface area (Å²) >= 11 is 11.8. The van der Waals surface area contributed by atoms with Crippen molar-refractivity contribution in [2.75, 3.05) is 0 Å². The Kier molecular flexibility index (Phi) is 4.38. The maximum atomic E-state index is 12.0. The van der Waals surface area contributed by atoms with Crippen LogP contribution in [0.1, 0.15) is 11.1 Å². The number of nitrogens with zero attached hydrogens (tertiary/aromatic N) is 1. The Balaban J connectivity index is 1.95. The van der Waals surface area contributed by atoms with E-state index in [1.54, 1.807) is 36.4 Å². The Morgan fingerprint density at radius 2 is 1.88 bits per heavy atom. The molecule has 2 aromatic rings. The number of nitro benzene ring substituents is 1. The van der Waals surface area contributed by atoms with Crippen LogP contribution in [0, 0.1) is 10.1 Å². The Bertz CT molecular complexity index is 919. The van der Waals surface area contributed by atoms with Crippen molar-refractivity contribution >= 4 is 46.7 Å². The van der Waals surface area contributed by atoms with Gasteiger partial charge in [-0.2, -0.15) is 0 Å². The van der Waals surface area contributed by atoms with E-state index in [1.165, 1.54) is 18.2 Å². The number of cyclic esters (lactones) is 1. The van der Waals surface area contributed by atoms with Crippen molar-refractivity contribution in [1.82, 2.24) is 0 Å². The quantitative estimate of drug-likeness (QED) is 0.338. The molecule has 1 aliphatic heterocycles. The highest BCUT2D eigenvalue weighted by Gasteiger charge is 2.22. The molecule has 0 amide bonds. The van der Waals surface area contributed by atoms with E-state index < -0.39 is 10.9 Å². The van der Waals surface area contributed by atoms with Crippen molar-refractivity contribution in [3.63, 3.8) is 0 Å². The highest BCUT2D eigenvalue weighted by Crippen LogP contribution is 2.31. The standard InChI is InChI=1S/C17H9Cl2NO4/c18-14-5-4-11(8-15(14)19)16-9-12(17(21)24-16)6-10-2-1-3-13(7-10)20(22)23/h1-9H/b12-6-.